The van der Waals surface area contributed by atoms with Gasteiger partial charge in [-0.15, -0.1) is 12.4 Å². The summed E-state index contributed by atoms with van der Waals surface area (Å²) in [5.74, 6) is -1.76. The van der Waals surface area contributed by atoms with E-state index in [0.717, 1.165) is 38.3 Å². The molecule has 0 saturated carbocycles. The van der Waals surface area contributed by atoms with Crippen molar-refractivity contribution >= 4 is 24.2 Å². The van der Waals surface area contributed by atoms with E-state index in [4.69, 9.17) is 0 Å². The van der Waals surface area contributed by atoms with Crippen LogP contribution in [0.4, 0.5) is 8.78 Å². The number of nitrogens with one attached hydrogen (secondary N) is 2. The van der Waals surface area contributed by atoms with Crippen molar-refractivity contribution in [1.82, 2.24) is 15.5 Å². The molecule has 0 radical (unpaired) electrons. The number of benzene rings is 1. The van der Waals surface area contributed by atoms with E-state index in [1.54, 1.807) is 4.90 Å². The van der Waals surface area contributed by atoms with Crippen LogP contribution in [0.25, 0.3) is 0 Å². The van der Waals surface area contributed by atoms with Gasteiger partial charge in [-0.2, -0.15) is 0 Å². The largest absolute Gasteiger partial charge is 0.354 e. The van der Waals surface area contributed by atoms with Gasteiger partial charge in [0.25, 0.3) is 5.91 Å². The molecule has 2 aliphatic rings. The molecule has 2 fully saturated rings. The highest BCUT2D eigenvalue weighted by Crippen LogP contribution is 2.21. The summed E-state index contributed by atoms with van der Waals surface area (Å²) < 4.78 is 27.4. The van der Waals surface area contributed by atoms with Crippen molar-refractivity contribution in [2.45, 2.75) is 38.6 Å². The van der Waals surface area contributed by atoms with Crippen LogP contribution in [0.15, 0.2) is 12.1 Å². The van der Waals surface area contributed by atoms with Gasteiger partial charge in [0.2, 0.25) is 5.91 Å². The fourth-order valence-corrected chi connectivity index (χ4v) is 3.68. The summed E-state index contributed by atoms with van der Waals surface area (Å²) in [6, 6.07) is 1.91. The van der Waals surface area contributed by atoms with E-state index < -0.39 is 17.5 Å². The Bertz CT molecular complexity index is 696. The third-order valence-corrected chi connectivity index (χ3v) is 5.23. The Balaban J connectivity index is 0.00000261. The molecule has 2 amide bonds. The number of likely N-dealkylation sites (tertiary alicyclic amines) is 1. The molecular weight excluding hydrogens is 376 g/mol. The monoisotopic (exact) mass is 401 g/mol. The minimum atomic E-state index is -0.833. The number of nitrogens with zero attached hydrogens (tertiary/aromatic N) is 1. The van der Waals surface area contributed by atoms with Crippen molar-refractivity contribution in [2.24, 2.45) is 5.92 Å². The average molecular weight is 402 g/mol. The van der Waals surface area contributed by atoms with Crippen molar-refractivity contribution < 1.29 is 18.4 Å². The molecule has 0 aliphatic carbocycles. The lowest BCUT2D eigenvalue weighted by Crippen LogP contribution is -2.46. The molecule has 0 spiro atoms. The fourth-order valence-electron chi connectivity index (χ4n) is 3.68. The molecule has 2 unspecified atom stereocenters. The second-order valence-electron chi connectivity index (χ2n) is 7.23. The Morgan fingerprint density at radius 3 is 2.70 bits per heavy atom. The molecule has 27 heavy (non-hydrogen) atoms. The van der Waals surface area contributed by atoms with E-state index in [1.807, 2.05) is 0 Å². The van der Waals surface area contributed by atoms with E-state index >= 15 is 0 Å². The summed E-state index contributed by atoms with van der Waals surface area (Å²) in [5.41, 5.74) is 0.156. The summed E-state index contributed by atoms with van der Waals surface area (Å²) in [6.07, 6.45) is 3.57. The molecule has 1 aromatic rings. The van der Waals surface area contributed by atoms with Crippen molar-refractivity contribution in [1.29, 1.82) is 0 Å². The molecule has 2 atom stereocenters. The van der Waals surface area contributed by atoms with Crippen LogP contribution in [-0.2, 0) is 4.79 Å². The van der Waals surface area contributed by atoms with E-state index in [9.17, 15) is 18.4 Å². The van der Waals surface area contributed by atoms with Gasteiger partial charge in [0.1, 0.15) is 11.6 Å². The number of carbonyl (C=O) groups excluding carboxylic acids is 2. The maximum Gasteiger partial charge on any atom is 0.256 e. The van der Waals surface area contributed by atoms with Gasteiger partial charge in [-0.05, 0) is 56.7 Å². The molecule has 0 bridgehead atoms. The second kappa shape index (κ2) is 9.46. The third kappa shape index (κ3) is 5.17. The fraction of sp³-hybridized carbons (Fsp3) is 0.579. The molecule has 2 heterocycles. The van der Waals surface area contributed by atoms with Gasteiger partial charge in [0.05, 0.1) is 11.6 Å². The Kier molecular flexibility index (Phi) is 7.56. The number of halogens is 3. The highest BCUT2D eigenvalue weighted by Gasteiger charge is 2.28. The molecule has 150 valence electrons. The summed E-state index contributed by atoms with van der Waals surface area (Å²) in [5, 5.41) is 6.12. The molecule has 2 saturated heterocycles. The van der Waals surface area contributed by atoms with Crippen molar-refractivity contribution in [3.8, 4) is 0 Å². The Morgan fingerprint density at radius 2 is 2.00 bits per heavy atom. The third-order valence-electron chi connectivity index (χ3n) is 5.23. The predicted molar refractivity (Wildman–Crippen MR) is 101 cm³/mol. The number of piperidine rings is 1. The number of rotatable bonds is 4. The maximum atomic E-state index is 14.0. The van der Waals surface area contributed by atoms with E-state index in [2.05, 4.69) is 10.6 Å². The number of hydrogen-bond donors (Lipinski definition) is 2. The Morgan fingerprint density at radius 1 is 1.22 bits per heavy atom. The van der Waals surface area contributed by atoms with Crippen LogP contribution < -0.4 is 10.6 Å². The zero-order chi connectivity index (χ0) is 18.7. The Hall–Kier alpha value is -1.73. The molecule has 8 heteroatoms. The molecular formula is C19H26ClF2N3O2. The van der Waals surface area contributed by atoms with Gasteiger partial charge in [0, 0.05) is 25.7 Å². The first-order valence-corrected chi connectivity index (χ1v) is 9.21. The minimum Gasteiger partial charge on any atom is -0.354 e. The highest BCUT2D eigenvalue weighted by atomic mass is 35.5. The molecule has 2 N–H and O–H groups in total. The summed E-state index contributed by atoms with van der Waals surface area (Å²) >= 11 is 0. The zero-order valence-corrected chi connectivity index (χ0v) is 16.2. The second-order valence-corrected chi connectivity index (χ2v) is 7.23. The molecule has 2 aliphatic heterocycles. The smallest absolute Gasteiger partial charge is 0.256 e. The van der Waals surface area contributed by atoms with Crippen LogP contribution in [0.3, 0.4) is 0 Å². The van der Waals surface area contributed by atoms with Crippen LogP contribution in [0.1, 0.15) is 41.6 Å². The van der Waals surface area contributed by atoms with Gasteiger partial charge in [-0.1, -0.05) is 0 Å². The van der Waals surface area contributed by atoms with Gasteiger partial charge in [0.15, 0.2) is 0 Å². The van der Waals surface area contributed by atoms with Gasteiger partial charge in [-0.3, -0.25) is 9.59 Å². The first-order chi connectivity index (χ1) is 12.5. The number of aryl methyl sites for hydroxylation is 1. The maximum absolute atomic E-state index is 14.0. The van der Waals surface area contributed by atoms with Crippen LogP contribution >= 0.6 is 12.4 Å². The predicted octanol–water partition coefficient (Wildman–Crippen LogP) is 2.42. The topological polar surface area (TPSA) is 61.4 Å². The van der Waals surface area contributed by atoms with Crippen molar-refractivity contribution in [2.75, 3.05) is 26.2 Å². The molecule has 3 rings (SSSR count). The molecule has 1 aromatic carbocycles. The average Bonchev–Trinajstić information content (AvgIpc) is 3.17. The van der Waals surface area contributed by atoms with E-state index in [-0.39, 0.29) is 41.4 Å². The first kappa shape index (κ1) is 21.6. The van der Waals surface area contributed by atoms with Crippen LogP contribution in [0, 0.1) is 24.5 Å². The lowest BCUT2D eigenvalue weighted by Gasteiger charge is -2.33. The van der Waals surface area contributed by atoms with E-state index in [1.165, 1.54) is 13.0 Å². The van der Waals surface area contributed by atoms with Crippen molar-refractivity contribution in [3.63, 3.8) is 0 Å². The number of amides is 2. The van der Waals surface area contributed by atoms with Crippen LogP contribution in [0.2, 0.25) is 0 Å². The summed E-state index contributed by atoms with van der Waals surface area (Å²) in [4.78, 5) is 26.3. The van der Waals surface area contributed by atoms with Crippen LogP contribution in [0.5, 0.6) is 0 Å². The van der Waals surface area contributed by atoms with Gasteiger partial charge < -0.3 is 15.5 Å². The molecule has 5 nitrogen and oxygen atoms in total. The highest BCUT2D eigenvalue weighted by molar-refractivity contribution is 5.94. The first-order valence-electron chi connectivity index (χ1n) is 9.21. The summed E-state index contributed by atoms with van der Waals surface area (Å²) in [6.45, 7) is 3.89. The quantitative estimate of drug-likeness (QED) is 0.814. The van der Waals surface area contributed by atoms with Gasteiger partial charge in [-0.25, -0.2) is 8.78 Å². The van der Waals surface area contributed by atoms with Crippen molar-refractivity contribution in [3.05, 3.63) is 34.9 Å². The van der Waals surface area contributed by atoms with Crippen LogP contribution in [-0.4, -0.2) is 48.9 Å². The Labute approximate surface area is 164 Å². The van der Waals surface area contributed by atoms with Gasteiger partial charge >= 0.3 is 0 Å². The SMILES string of the molecule is Cc1cc(C(=O)N2CCCC(CNC(=O)C3CCCN3)C2)c(F)cc1F.Cl. The minimum absolute atomic E-state index is 0. The zero-order valence-electron chi connectivity index (χ0n) is 15.4. The lowest BCUT2D eigenvalue weighted by molar-refractivity contribution is -0.123. The summed E-state index contributed by atoms with van der Waals surface area (Å²) in [7, 11) is 0. The molecule has 0 aromatic heterocycles. The lowest BCUT2D eigenvalue weighted by atomic mass is 9.96. The number of hydrogen-bond acceptors (Lipinski definition) is 3. The number of carbonyl (C=O) groups is 2. The standard InChI is InChI=1S/C19H25F2N3O2.ClH/c1-12-8-14(16(21)9-15(12)20)19(26)24-7-3-4-13(11-24)10-23-18(25)17-5-2-6-22-17;/h8-9,13,17,22H,2-7,10-11H2,1H3,(H,23,25);1H. The normalized spacial score (nSPS) is 22.3. The van der Waals surface area contributed by atoms with E-state index in [0.29, 0.717) is 19.6 Å².